The minimum Gasteiger partial charge on any atom is -0.489 e. The number of carbonyl (C=O) groups excluding carboxylic acids is 1. The van der Waals surface area contributed by atoms with Gasteiger partial charge in [0, 0.05) is 19.1 Å². The normalized spacial score (nSPS) is 18.0. The largest absolute Gasteiger partial charge is 0.489 e. The third-order valence-corrected chi connectivity index (χ3v) is 9.44. The zero-order chi connectivity index (χ0) is 31.3. The number of amides is 1. The molecule has 3 aromatic rings. The van der Waals surface area contributed by atoms with Gasteiger partial charge in [-0.05, 0) is 93.2 Å². The van der Waals surface area contributed by atoms with Gasteiger partial charge in [-0.2, -0.15) is 0 Å². The molecule has 0 radical (unpaired) electrons. The summed E-state index contributed by atoms with van der Waals surface area (Å²) < 4.78 is 47.3. The number of ether oxygens (including phenoxy) is 3. The van der Waals surface area contributed by atoms with E-state index in [1.54, 1.807) is 15.5 Å². The van der Waals surface area contributed by atoms with Gasteiger partial charge >= 0.3 is 5.69 Å². The van der Waals surface area contributed by atoms with Crippen LogP contribution < -0.4 is 25.5 Å². The molecule has 2 saturated carbocycles. The molecule has 3 fully saturated rings. The van der Waals surface area contributed by atoms with Crippen molar-refractivity contribution in [1.29, 1.82) is 0 Å². The monoisotopic (exact) mass is 625 g/mol. The quantitative estimate of drug-likeness (QED) is 0.243. The highest BCUT2D eigenvalue weighted by Gasteiger charge is 2.26. The van der Waals surface area contributed by atoms with Gasteiger partial charge in [0.2, 0.25) is 6.41 Å². The molecule has 3 aliphatic rings. The SMILES string of the molecule is O=CN1CCC(n2c(=O)n(Cc3ccc(OC4CCCC4)c(OCC4CCC4)c3)c(=O)c3cc(OC(CF)CF)ccc32)CC1. The van der Waals surface area contributed by atoms with Crippen molar-refractivity contribution in [3.05, 3.63) is 62.8 Å². The summed E-state index contributed by atoms with van der Waals surface area (Å²) in [4.78, 5) is 41.1. The van der Waals surface area contributed by atoms with E-state index in [2.05, 4.69) is 0 Å². The average Bonchev–Trinajstić information content (AvgIpc) is 3.56. The lowest BCUT2D eigenvalue weighted by Crippen LogP contribution is -2.44. The fourth-order valence-corrected chi connectivity index (χ4v) is 6.57. The summed E-state index contributed by atoms with van der Waals surface area (Å²) in [5, 5.41) is 0.212. The molecule has 1 saturated heterocycles. The Hall–Kier alpha value is -3.89. The number of nitrogens with zero attached hydrogens (tertiary/aromatic N) is 3. The molecule has 6 rings (SSSR count). The highest BCUT2D eigenvalue weighted by molar-refractivity contribution is 5.80. The smallest absolute Gasteiger partial charge is 0.332 e. The summed E-state index contributed by atoms with van der Waals surface area (Å²) in [6.45, 7) is -0.470. The van der Waals surface area contributed by atoms with Crippen molar-refractivity contribution < 1.29 is 27.8 Å². The fraction of sp³-hybridized carbons (Fsp3) is 0.559. The first-order valence-electron chi connectivity index (χ1n) is 16.2. The molecule has 1 amide bonds. The maximum atomic E-state index is 14.1. The Kier molecular flexibility index (Phi) is 9.70. The Balaban J connectivity index is 1.38. The van der Waals surface area contributed by atoms with Gasteiger partial charge in [0.1, 0.15) is 19.1 Å². The predicted molar refractivity (Wildman–Crippen MR) is 166 cm³/mol. The standard InChI is InChI=1S/C34H41F2N3O6/c35-18-28(19-36)44-27-9-10-30-29(17-27)33(41)38(34(42)39(30)25-12-14-37(22-40)15-13-25)20-24-8-11-31(45-26-6-1-2-7-26)32(16-24)43-21-23-4-3-5-23/h8-11,16-17,22-23,25-26,28H,1-7,12-15,18-21H2. The maximum absolute atomic E-state index is 14.1. The second-order valence-electron chi connectivity index (χ2n) is 12.6. The van der Waals surface area contributed by atoms with Crippen molar-refractivity contribution in [3.8, 4) is 17.2 Å². The van der Waals surface area contributed by atoms with Gasteiger partial charge in [0.25, 0.3) is 5.56 Å². The number of aromatic nitrogens is 2. The fourth-order valence-electron chi connectivity index (χ4n) is 6.57. The van der Waals surface area contributed by atoms with Crippen LogP contribution in [0.25, 0.3) is 10.9 Å². The van der Waals surface area contributed by atoms with E-state index < -0.39 is 30.7 Å². The van der Waals surface area contributed by atoms with E-state index >= 15 is 0 Å². The summed E-state index contributed by atoms with van der Waals surface area (Å²) in [7, 11) is 0. The van der Waals surface area contributed by atoms with Crippen LogP contribution in [0, 0.1) is 5.92 Å². The van der Waals surface area contributed by atoms with E-state index in [0.717, 1.165) is 44.9 Å². The van der Waals surface area contributed by atoms with Crippen LogP contribution in [0.2, 0.25) is 0 Å². The summed E-state index contributed by atoms with van der Waals surface area (Å²) in [6.07, 6.45) is 8.53. The number of alkyl halides is 2. The van der Waals surface area contributed by atoms with E-state index in [1.165, 1.54) is 23.1 Å². The molecule has 2 aromatic carbocycles. The van der Waals surface area contributed by atoms with E-state index in [4.69, 9.17) is 14.2 Å². The second kappa shape index (κ2) is 14.0. The van der Waals surface area contributed by atoms with Gasteiger partial charge in [-0.3, -0.25) is 18.7 Å². The Morgan fingerprint density at radius 3 is 2.31 bits per heavy atom. The third-order valence-electron chi connectivity index (χ3n) is 9.44. The van der Waals surface area contributed by atoms with Crippen LogP contribution in [0.3, 0.4) is 0 Å². The second-order valence-corrected chi connectivity index (χ2v) is 12.6. The number of piperidine rings is 1. The molecule has 0 bridgehead atoms. The van der Waals surface area contributed by atoms with Crippen LogP contribution in [0.5, 0.6) is 17.2 Å². The minimum atomic E-state index is -1.29. The first-order chi connectivity index (χ1) is 22.0. The van der Waals surface area contributed by atoms with Gasteiger partial charge in [0.05, 0.1) is 30.2 Å². The summed E-state index contributed by atoms with van der Waals surface area (Å²) >= 11 is 0. The molecule has 2 heterocycles. The Bertz CT molecular complexity index is 1600. The van der Waals surface area contributed by atoms with Crippen LogP contribution in [-0.4, -0.2) is 65.7 Å². The number of fused-ring (bicyclic) bond motifs is 1. The Labute approximate surface area is 260 Å². The Morgan fingerprint density at radius 2 is 1.64 bits per heavy atom. The molecule has 1 aliphatic heterocycles. The highest BCUT2D eigenvalue weighted by atomic mass is 19.1. The number of rotatable bonds is 13. The number of hydrogen-bond donors (Lipinski definition) is 0. The lowest BCUT2D eigenvalue weighted by atomic mass is 9.86. The van der Waals surface area contributed by atoms with Crippen molar-refractivity contribution in [2.24, 2.45) is 5.92 Å². The predicted octanol–water partition coefficient (Wildman–Crippen LogP) is 5.19. The average molecular weight is 626 g/mol. The molecule has 242 valence electrons. The van der Waals surface area contributed by atoms with Crippen molar-refractivity contribution in [1.82, 2.24) is 14.0 Å². The lowest BCUT2D eigenvalue weighted by molar-refractivity contribution is -0.119. The first kappa shape index (κ1) is 31.1. The van der Waals surface area contributed by atoms with Gasteiger partial charge < -0.3 is 19.1 Å². The molecule has 11 heteroatoms. The molecule has 2 aliphatic carbocycles. The number of hydrogen-bond acceptors (Lipinski definition) is 6. The van der Waals surface area contributed by atoms with E-state index in [1.807, 2.05) is 18.2 Å². The minimum absolute atomic E-state index is 0.00699. The van der Waals surface area contributed by atoms with Crippen molar-refractivity contribution in [2.75, 3.05) is 33.0 Å². The van der Waals surface area contributed by atoms with Crippen LogP contribution in [0.1, 0.15) is 69.4 Å². The van der Waals surface area contributed by atoms with E-state index in [9.17, 15) is 23.2 Å². The third kappa shape index (κ3) is 6.87. The van der Waals surface area contributed by atoms with Gasteiger partial charge in [-0.25, -0.2) is 13.6 Å². The van der Waals surface area contributed by atoms with Crippen LogP contribution in [0.15, 0.2) is 46.0 Å². The zero-order valence-electron chi connectivity index (χ0n) is 25.5. The van der Waals surface area contributed by atoms with Crippen LogP contribution in [-0.2, 0) is 11.3 Å². The number of halogens is 2. The highest BCUT2D eigenvalue weighted by Crippen LogP contribution is 2.35. The van der Waals surface area contributed by atoms with E-state index in [-0.39, 0.29) is 29.8 Å². The molecule has 45 heavy (non-hydrogen) atoms. The molecule has 0 atom stereocenters. The molecule has 0 N–H and O–H groups in total. The lowest BCUT2D eigenvalue weighted by Gasteiger charge is -2.31. The topological polar surface area (TPSA) is 92.0 Å². The molecular weight excluding hydrogens is 584 g/mol. The summed E-state index contributed by atoms with van der Waals surface area (Å²) in [5.74, 6) is 1.94. The first-order valence-corrected chi connectivity index (χ1v) is 16.2. The zero-order valence-corrected chi connectivity index (χ0v) is 25.5. The number of carbonyl (C=O) groups is 1. The molecule has 0 spiro atoms. The van der Waals surface area contributed by atoms with Crippen LogP contribution >= 0.6 is 0 Å². The number of likely N-dealkylation sites (tertiary alicyclic amines) is 1. The van der Waals surface area contributed by atoms with Crippen LogP contribution in [0.4, 0.5) is 8.78 Å². The molecule has 1 aromatic heterocycles. The molecular formula is C34H41F2N3O6. The van der Waals surface area contributed by atoms with Crippen molar-refractivity contribution in [2.45, 2.75) is 82.6 Å². The van der Waals surface area contributed by atoms with Gasteiger partial charge in [-0.15, -0.1) is 0 Å². The van der Waals surface area contributed by atoms with E-state index in [0.29, 0.717) is 61.0 Å². The van der Waals surface area contributed by atoms with Crippen molar-refractivity contribution in [3.63, 3.8) is 0 Å². The molecule has 0 unspecified atom stereocenters. The Morgan fingerprint density at radius 1 is 0.889 bits per heavy atom. The number of benzene rings is 2. The molecule has 9 nitrogen and oxygen atoms in total. The summed E-state index contributed by atoms with van der Waals surface area (Å²) in [5.41, 5.74) is 0.141. The maximum Gasteiger partial charge on any atom is 0.332 e. The van der Waals surface area contributed by atoms with Gasteiger partial charge in [0.15, 0.2) is 17.6 Å². The van der Waals surface area contributed by atoms with Crippen molar-refractivity contribution >= 4 is 17.3 Å². The summed E-state index contributed by atoms with van der Waals surface area (Å²) in [6, 6.07) is 9.91. The van der Waals surface area contributed by atoms with Gasteiger partial charge in [-0.1, -0.05) is 12.5 Å².